The van der Waals surface area contributed by atoms with E-state index in [9.17, 15) is 18.0 Å². The molecule has 8 nitrogen and oxygen atoms in total. The Labute approximate surface area is 153 Å². The van der Waals surface area contributed by atoms with Gasteiger partial charge in [-0.05, 0) is 37.8 Å². The van der Waals surface area contributed by atoms with E-state index in [1.54, 1.807) is 0 Å². The normalized spacial score (nSPS) is 16.5. The Morgan fingerprint density at radius 3 is 2.23 bits per heavy atom. The van der Waals surface area contributed by atoms with Gasteiger partial charge < -0.3 is 14.4 Å². The number of carboxylic acid groups (broad SMARTS) is 1. The van der Waals surface area contributed by atoms with Gasteiger partial charge in [-0.15, -0.1) is 0 Å². The van der Waals surface area contributed by atoms with Crippen LogP contribution < -0.4 is 0 Å². The van der Waals surface area contributed by atoms with Crippen molar-refractivity contribution < 1.29 is 27.5 Å². The molecule has 146 valence electrons. The molecule has 1 aromatic rings. The van der Waals surface area contributed by atoms with Crippen LogP contribution in [0.15, 0.2) is 21.6 Å². The molecule has 1 aliphatic rings. The monoisotopic (exact) mass is 386 g/mol. The number of carbonyl (C=O) groups is 2. The van der Waals surface area contributed by atoms with E-state index in [-0.39, 0.29) is 30.0 Å². The lowest BCUT2D eigenvalue weighted by molar-refractivity contribution is -0.136. The summed E-state index contributed by atoms with van der Waals surface area (Å²) >= 11 is 0. The van der Waals surface area contributed by atoms with E-state index in [0.29, 0.717) is 12.8 Å². The maximum absolute atomic E-state index is 12.7. The molecule has 0 radical (unpaired) electrons. The molecule has 0 bridgehead atoms. The number of amides is 1. The lowest BCUT2D eigenvalue weighted by Crippen LogP contribution is -2.44. The molecule has 0 saturated carbocycles. The molecular weight excluding hydrogens is 360 g/mol. The summed E-state index contributed by atoms with van der Waals surface area (Å²) in [7, 11) is -3.89. The number of nitrogens with zero attached hydrogens (tertiary/aromatic N) is 2. The van der Waals surface area contributed by atoms with Crippen LogP contribution in [0.3, 0.4) is 0 Å². The van der Waals surface area contributed by atoms with Crippen LogP contribution in [0.1, 0.15) is 50.1 Å². The number of aromatic carboxylic acids is 1. The Morgan fingerprint density at radius 1 is 1.19 bits per heavy atom. The van der Waals surface area contributed by atoms with E-state index in [1.165, 1.54) is 4.31 Å². The number of piperidine rings is 1. The lowest BCUT2D eigenvalue weighted by Gasteiger charge is -2.33. The molecule has 1 amide bonds. The molecule has 26 heavy (non-hydrogen) atoms. The predicted molar refractivity (Wildman–Crippen MR) is 94.3 cm³/mol. The molecule has 0 aromatic carbocycles. The highest BCUT2D eigenvalue weighted by Crippen LogP contribution is 2.26. The smallest absolute Gasteiger partial charge is 0.371 e. The van der Waals surface area contributed by atoms with Crippen LogP contribution in [0.2, 0.25) is 0 Å². The second kappa shape index (κ2) is 8.68. The van der Waals surface area contributed by atoms with Crippen molar-refractivity contribution >= 4 is 21.9 Å². The molecule has 1 aromatic heterocycles. The summed E-state index contributed by atoms with van der Waals surface area (Å²) in [5.74, 6) is -1.81. The molecule has 1 aliphatic heterocycles. The summed E-state index contributed by atoms with van der Waals surface area (Å²) in [4.78, 5) is 25.4. The summed E-state index contributed by atoms with van der Waals surface area (Å²) in [6, 6.07) is 2.28. The molecule has 9 heteroatoms. The van der Waals surface area contributed by atoms with Crippen LogP contribution in [-0.2, 0) is 14.8 Å². The van der Waals surface area contributed by atoms with Crippen molar-refractivity contribution in [2.24, 2.45) is 5.92 Å². The quantitative estimate of drug-likeness (QED) is 0.732. The SMILES string of the molecule is CCCN(CCC)C(=O)C1CCN(S(=O)(=O)c2ccc(C(=O)O)o2)CC1. The van der Waals surface area contributed by atoms with Gasteiger partial charge in [-0.25, -0.2) is 13.2 Å². The van der Waals surface area contributed by atoms with Gasteiger partial charge in [0, 0.05) is 32.1 Å². The van der Waals surface area contributed by atoms with Gasteiger partial charge in [0.05, 0.1) is 0 Å². The van der Waals surface area contributed by atoms with Gasteiger partial charge in [0.15, 0.2) is 0 Å². The Morgan fingerprint density at radius 2 is 1.77 bits per heavy atom. The van der Waals surface area contributed by atoms with Crippen LogP contribution in [0.4, 0.5) is 0 Å². The van der Waals surface area contributed by atoms with Gasteiger partial charge in [-0.2, -0.15) is 4.31 Å². The predicted octanol–water partition coefficient (Wildman–Crippen LogP) is 2.03. The third kappa shape index (κ3) is 4.45. The van der Waals surface area contributed by atoms with Crippen LogP contribution in [0, 0.1) is 5.92 Å². The highest BCUT2D eigenvalue weighted by molar-refractivity contribution is 7.89. The summed E-state index contributed by atoms with van der Waals surface area (Å²) in [5, 5.41) is 8.49. The summed E-state index contributed by atoms with van der Waals surface area (Å²) in [6.07, 6.45) is 2.69. The van der Waals surface area contributed by atoms with E-state index in [2.05, 4.69) is 0 Å². The second-order valence-corrected chi connectivity index (χ2v) is 8.30. The Hall–Kier alpha value is -1.87. The molecular formula is C17H26N2O6S. The van der Waals surface area contributed by atoms with Crippen molar-refractivity contribution in [2.45, 2.75) is 44.6 Å². The number of carbonyl (C=O) groups excluding carboxylic acids is 1. The van der Waals surface area contributed by atoms with E-state index in [0.717, 1.165) is 38.1 Å². The molecule has 0 spiro atoms. The zero-order valence-corrected chi connectivity index (χ0v) is 16.0. The number of hydrogen-bond acceptors (Lipinski definition) is 5. The summed E-state index contributed by atoms with van der Waals surface area (Å²) in [5.41, 5.74) is 0. The molecule has 2 rings (SSSR count). The number of rotatable bonds is 8. The molecule has 0 aliphatic carbocycles. The number of sulfonamides is 1. The zero-order chi connectivity index (χ0) is 19.3. The fourth-order valence-electron chi connectivity index (χ4n) is 3.17. The van der Waals surface area contributed by atoms with Crippen LogP contribution >= 0.6 is 0 Å². The highest BCUT2D eigenvalue weighted by Gasteiger charge is 2.35. The first-order valence-electron chi connectivity index (χ1n) is 8.93. The topological polar surface area (TPSA) is 108 Å². The van der Waals surface area contributed by atoms with Gasteiger partial charge in [0.2, 0.25) is 16.8 Å². The first-order chi connectivity index (χ1) is 12.3. The van der Waals surface area contributed by atoms with Gasteiger partial charge in [-0.3, -0.25) is 4.79 Å². The number of carboxylic acids is 1. The Bertz CT molecular complexity index is 728. The maximum Gasteiger partial charge on any atom is 0.371 e. The maximum atomic E-state index is 12.7. The average Bonchev–Trinajstić information content (AvgIpc) is 3.12. The van der Waals surface area contributed by atoms with E-state index in [1.807, 2.05) is 18.7 Å². The second-order valence-electron chi connectivity index (χ2n) is 6.43. The molecule has 0 unspecified atom stereocenters. The van der Waals surface area contributed by atoms with Crippen LogP contribution in [-0.4, -0.2) is 60.8 Å². The van der Waals surface area contributed by atoms with Crippen molar-refractivity contribution in [1.29, 1.82) is 0 Å². The minimum Gasteiger partial charge on any atom is -0.475 e. The first kappa shape index (κ1) is 20.4. The molecule has 0 atom stereocenters. The highest BCUT2D eigenvalue weighted by atomic mass is 32.2. The van der Waals surface area contributed by atoms with Gasteiger partial charge in [-0.1, -0.05) is 13.8 Å². The summed E-state index contributed by atoms with van der Waals surface area (Å²) in [6.45, 7) is 5.92. The minimum absolute atomic E-state index is 0.0944. The number of hydrogen-bond donors (Lipinski definition) is 1. The van der Waals surface area contributed by atoms with Crippen molar-refractivity contribution in [3.63, 3.8) is 0 Å². The largest absolute Gasteiger partial charge is 0.475 e. The van der Waals surface area contributed by atoms with Crippen molar-refractivity contribution in [2.75, 3.05) is 26.2 Å². The summed E-state index contributed by atoms with van der Waals surface area (Å²) < 4.78 is 31.4. The van der Waals surface area contributed by atoms with E-state index < -0.39 is 21.8 Å². The van der Waals surface area contributed by atoms with Crippen LogP contribution in [0.25, 0.3) is 0 Å². The van der Waals surface area contributed by atoms with Gasteiger partial charge in [0.1, 0.15) is 0 Å². The Balaban J connectivity index is 2.02. The fraction of sp³-hybridized carbons (Fsp3) is 0.647. The van der Waals surface area contributed by atoms with Gasteiger partial charge >= 0.3 is 5.97 Å². The van der Waals surface area contributed by atoms with Crippen molar-refractivity contribution in [3.05, 3.63) is 17.9 Å². The third-order valence-corrected chi connectivity index (χ3v) is 6.26. The van der Waals surface area contributed by atoms with E-state index >= 15 is 0 Å². The average molecular weight is 386 g/mol. The first-order valence-corrected chi connectivity index (χ1v) is 10.4. The Kier molecular flexibility index (Phi) is 6.82. The van der Waals surface area contributed by atoms with Crippen LogP contribution in [0.5, 0.6) is 0 Å². The van der Waals surface area contributed by atoms with Crippen molar-refractivity contribution in [1.82, 2.24) is 9.21 Å². The standard InChI is InChI=1S/C17H26N2O6S/c1-3-9-18(10-4-2)16(20)13-7-11-19(12-8-13)26(23,24)15-6-5-14(25-15)17(21)22/h5-6,13H,3-4,7-12H2,1-2H3,(H,21,22). The zero-order valence-electron chi connectivity index (χ0n) is 15.2. The number of furan rings is 1. The minimum atomic E-state index is -3.89. The molecule has 1 fully saturated rings. The fourth-order valence-corrected chi connectivity index (χ4v) is 4.56. The van der Waals surface area contributed by atoms with Crippen molar-refractivity contribution in [3.8, 4) is 0 Å². The third-order valence-electron chi connectivity index (χ3n) is 4.49. The molecule has 1 N–H and O–H groups in total. The van der Waals surface area contributed by atoms with E-state index in [4.69, 9.17) is 9.52 Å². The van der Waals surface area contributed by atoms with Gasteiger partial charge in [0.25, 0.3) is 10.0 Å². The molecule has 2 heterocycles. The lowest BCUT2D eigenvalue weighted by atomic mass is 9.96. The molecule has 1 saturated heterocycles.